The number of hydrogen-bond donors (Lipinski definition) is 1. The molecule has 0 aromatic heterocycles. The van der Waals surface area contributed by atoms with Crippen LogP contribution >= 0.6 is 11.6 Å². The molecule has 1 N–H and O–H groups in total. The molecule has 0 aliphatic carbocycles. The second-order valence-electron chi connectivity index (χ2n) is 4.24. The van der Waals surface area contributed by atoms with Crippen LogP contribution in [0.1, 0.15) is 38.2 Å². The lowest BCUT2D eigenvalue weighted by Gasteiger charge is -2.08. The van der Waals surface area contributed by atoms with E-state index < -0.39 is 5.97 Å². The summed E-state index contributed by atoms with van der Waals surface area (Å²) in [6.07, 6.45) is 4.57. The Morgan fingerprint density at radius 3 is 2.72 bits per heavy atom. The van der Waals surface area contributed by atoms with Crippen molar-refractivity contribution < 1.29 is 14.6 Å². The van der Waals surface area contributed by atoms with Gasteiger partial charge in [-0.05, 0) is 24.1 Å². The van der Waals surface area contributed by atoms with Gasteiger partial charge in [0.25, 0.3) is 0 Å². The second-order valence-corrected chi connectivity index (χ2v) is 4.65. The fourth-order valence-corrected chi connectivity index (χ4v) is 1.91. The molecule has 0 radical (unpaired) electrons. The molecule has 0 bridgehead atoms. The van der Waals surface area contributed by atoms with Crippen LogP contribution in [0.5, 0.6) is 5.75 Å². The molecule has 1 aromatic carbocycles. The molecule has 1 aromatic rings. The average molecular weight is 271 g/mol. The van der Waals surface area contributed by atoms with Gasteiger partial charge in [0.2, 0.25) is 0 Å². The quantitative estimate of drug-likeness (QED) is 0.728. The van der Waals surface area contributed by atoms with Crippen molar-refractivity contribution in [2.45, 2.75) is 39.0 Å². The number of unbranched alkanes of at least 4 members (excludes halogenated alkanes) is 3. The number of carboxylic acids is 1. The first kappa shape index (κ1) is 14.8. The number of halogens is 1. The lowest BCUT2D eigenvalue weighted by molar-refractivity contribution is -0.136. The predicted molar refractivity (Wildman–Crippen MR) is 72.4 cm³/mol. The third-order valence-electron chi connectivity index (χ3n) is 2.61. The molecule has 4 heteroatoms. The van der Waals surface area contributed by atoms with Gasteiger partial charge in [-0.15, -0.1) is 0 Å². The summed E-state index contributed by atoms with van der Waals surface area (Å²) in [6.45, 7) is 2.82. The Labute approximate surface area is 113 Å². The molecule has 0 fully saturated rings. The molecule has 0 aliphatic heterocycles. The van der Waals surface area contributed by atoms with Gasteiger partial charge >= 0.3 is 5.97 Å². The Morgan fingerprint density at radius 1 is 1.33 bits per heavy atom. The van der Waals surface area contributed by atoms with Crippen LogP contribution in [0.25, 0.3) is 0 Å². The van der Waals surface area contributed by atoms with Crippen LogP contribution in [-0.4, -0.2) is 17.7 Å². The van der Waals surface area contributed by atoms with Gasteiger partial charge in [-0.3, -0.25) is 4.79 Å². The van der Waals surface area contributed by atoms with Crippen LogP contribution in [0.4, 0.5) is 0 Å². The van der Waals surface area contributed by atoms with Crippen molar-refractivity contribution in [3.63, 3.8) is 0 Å². The zero-order valence-corrected chi connectivity index (χ0v) is 11.4. The second kappa shape index (κ2) is 7.98. The van der Waals surface area contributed by atoms with Gasteiger partial charge in [0, 0.05) is 0 Å². The standard InChI is InChI=1S/C14H19ClO3/c1-2-3-4-5-8-18-13-7-6-11(9-12(13)15)10-14(16)17/h6-7,9H,2-5,8,10H2,1H3,(H,16,17). The highest BCUT2D eigenvalue weighted by Gasteiger charge is 2.05. The van der Waals surface area contributed by atoms with E-state index in [9.17, 15) is 4.79 Å². The monoisotopic (exact) mass is 270 g/mol. The number of aliphatic carboxylic acids is 1. The van der Waals surface area contributed by atoms with E-state index in [1.54, 1.807) is 18.2 Å². The van der Waals surface area contributed by atoms with Gasteiger partial charge in [-0.1, -0.05) is 43.9 Å². The summed E-state index contributed by atoms with van der Waals surface area (Å²) in [7, 11) is 0. The van der Waals surface area contributed by atoms with E-state index in [0.717, 1.165) is 12.8 Å². The zero-order valence-electron chi connectivity index (χ0n) is 10.6. The van der Waals surface area contributed by atoms with Crippen molar-refractivity contribution in [2.75, 3.05) is 6.61 Å². The van der Waals surface area contributed by atoms with E-state index in [1.165, 1.54) is 12.8 Å². The van der Waals surface area contributed by atoms with Gasteiger partial charge in [-0.25, -0.2) is 0 Å². The highest BCUT2D eigenvalue weighted by Crippen LogP contribution is 2.26. The Kier molecular flexibility index (Phi) is 6.58. The van der Waals surface area contributed by atoms with Crippen LogP contribution in [-0.2, 0) is 11.2 Å². The molecule has 18 heavy (non-hydrogen) atoms. The molecule has 0 unspecified atom stereocenters. The third-order valence-corrected chi connectivity index (χ3v) is 2.90. The molecule has 0 atom stereocenters. The predicted octanol–water partition coefficient (Wildman–Crippen LogP) is 3.93. The van der Waals surface area contributed by atoms with Crippen molar-refractivity contribution in [1.29, 1.82) is 0 Å². The summed E-state index contributed by atoms with van der Waals surface area (Å²) in [5, 5.41) is 9.15. The first-order valence-corrected chi connectivity index (χ1v) is 6.64. The summed E-state index contributed by atoms with van der Waals surface area (Å²) in [5.74, 6) is -0.235. The Bertz CT molecular complexity index is 391. The molecule has 0 saturated carbocycles. The molecular weight excluding hydrogens is 252 g/mol. The number of ether oxygens (including phenoxy) is 1. The number of hydrogen-bond acceptors (Lipinski definition) is 2. The minimum absolute atomic E-state index is 0.0174. The van der Waals surface area contributed by atoms with Gasteiger partial charge in [-0.2, -0.15) is 0 Å². The zero-order chi connectivity index (χ0) is 13.4. The summed E-state index contributed by atoms with van der Waals surface area (Å²) in [5.41, 5.74) is 0.686. The number of carbonyl (C=O) groups is 1. The van der Waals surface area contributed by atoms with E-state index >= 15 is 0 Å². The first-order chi connectivity index (χ1) is 8.63. The lowest BCUT2D eigenvalue weighted by Crippen LogP contribution is -2.01. The van der Waals surface area contributed by atoms with Crippen LogP contribution in [0.2, 0.25) is 5.02 Å². The summed E-state index contributed by atoms with van der Waals surface area (Å²) >= 11 is 6.04. The van der Waals surface area contributed by atoms with Crippen LogP contribution in [0.3, 0.4) is 0 Å². The van der Waals surface area contributed by atoms with Crippen molar-refractivity contribution in [1.82, 2.24) is 0 Å². The average Bonchev–Trinajstić information content (AvgIpc) is 2.30. The summed E-state index contributed by atoms with van der Waals surface area (Å²) < 4.78 is 5.56. The molecule has 1 rings (SSSR count). The van der Waals surface area contributed by atoms with Gasteiger partial charge in [0.15, 0.2) is 0 Å². The molecule has 0 heterocycles. The minimum atomic E-state index is -0.862. The molecular formula is C14H19ClO3. The Hall–Kier alpha value is -1.22. The van der Waals surface area contributed by atoms with Crippen LogP contribution in [0, 0.1) is 0 Å². The van der Waals surface area contributed by atoms with Gasteiger partial charge in [0.1, 0.15) is 5.75 Å². The third kappa shape index (κ3) is 5.41. The summed E-state index contributed by atoms with van der Waals surface area (Å²) in [6, 6.07) is 5.12. The maximum Gasteiger partial charge on any atom is 0.307 e. The maximum atomic E-state index is 10.6. The van der Waals surface area contributed by atoms with E-state index in [-0.39, 0.29) is 6.42 Å². The highest BCUT2D eigenvalue weighted by atomic mass is 35.5. The minimum Gasteiger partial charge on any atom is -0.492 e. The van der Waals surface area contributed by atoms with Crippen molar-refractivity contribution in [2.24, 2.45) is 0 Å². The largest absolute Gasteiger partial charge is 0.492 e. The lowest BCUT2D eigenvalue weighted by atomic mass is 10.1. The normalized spacial score (nSPS) is 10.3. The molecule has 3 nitrogen and oxygen atoms in total. The van der Waals surface area contributed by atoms with Crippen molar-refractivity contribution in [3.8, 4) is 5.75 Å². The molecule has 0 amide bonds. The van der Waals surface area contributed by atoms with Crippen LogP contribution in [0.15, 0.2) is 18.2 Å². The smallest absolute Gasteiger partial charge is 0.307 e. The van der Waals surface area contributed by atoms with Crippen molar-refractivity contribution >= 4 is 17.6 Å². The molecule has 0 spiro atoms. The van der Waals surface area contributed by atoms with Crippen molar-refractivity contribution in [3.05, 3.63) is 28.8 Å². The van der Waals surface area contributed by atoms with E-state index in [1.807, 2.05) is 0 Å². The fraction of sp³-hybridized carbons (Fsp3) is 0.500. The van der Waals surface area contributed by atoms with E-state index in [0.29, 0.717) is 22.9 Å². The number of benzene rings is 1. The van der Waals surface area contributed by atoms with Crippen LogP contribution < -0.4 is 4.74 Å². The van der Waals surface area contributed by atoms with E-state index in [2.05, 4.69) is 6.92 Å². The van der Waals surface area contributed by atoms with Gasteiger partial charge in [0.05, 0.1) is 18.1 Å². The molecule has 100 valence electrons. The molecule has 0 saturated heterocycles. The fourth-order valence-electron chi connectivity index (χ4n) is 1.66. The van der Waals surface area contributed by atoms with E-state index in [4.69, 9.17) is 21.4 Å². The SMILES string of the molecule is CCCCCCOc1ccc(CC(=O)O)cc1Cl. The Morgan fingerprint density at radius 2 is 2.11 bits per heavy atom. The summed E-state index contributed by atoms with van der Waals surface area (Å²) in [4.78, 5) is 10.6. The molecule has 0 aliphatic rings. The van der Waals surface area contributed by atoms with Gasteiger partial charge < -0.3 is 9.84 Å². The highest BCUT2D eigenvalue weighted by molar-refractivity contribution is 6.32. The maximum absolute atomic E-state index is 10.6. The first-order valence-electron chi connectivity index (χ1n) is 6.26. The number of carboxylic acid groups (broad SMARTS) is 1. The number of rotatable bonds is 8. The Balaban J connectivity index is 2.44. The topological polar surface area (TPSA) is 46.5 Å².